The van der Waals surface area contributed by atoms with Crippen molar-refractivity contribution in [3.63, 3.8) is 0 Å². The Bertz CT molecular complexity index is 360. The van der Waals surface area contributed by atoms with Gasteiger partial charge < -0.3 is 23.1 Å². The van der Waals surface area contributed by atoms with Gasteiger partial charge in [-0.2, -0.15) is 0 Å². The van der Waals surface area contributed by atoms with Crippen molar-refractivity contribution < 1.29 is 27.6 Å². The summed E-state index contributed by atoms with van der Waals surface area (Å²) < 4.78 is 29.5. The Labute approximate surface area is 148 Å². The Morgan fingerprint density at radius 1 is 0.958 bits per heavy atom. The van der Waals surface area contributed by atoms with Gasteiger partial charge in [-0.15, -0.1) is 0 Å². The monoisotopic (exact) mass is 384 g/mol. The number of unbranched alkanes of at least 4 members (excludes halogenated alkanes) is 2. The maximum absolute atomic E-state index is 11.3. The van der Waals surface area contributed by atoms with Crippen LogP contribution in [0.2, 0.25) is 6.04 Å². The van der Waals surface area contributed by atoms with Gasteiger partial charge in [-0.05, 0) is 33.6 Å². The first-order chi connectivity index (χ1) is 11.2. The zero-order valence-electron chi connectivity index (χ0n) is 16.0. The lowest BCUT2D eigenvalue weighted by Crippen LogP contribution is -2.53. The Morgan fingerprint density at radius 3 is 1.75 bits per heavy atom. The molecular weight excluding hydrogens is 347 g/mol. The van der Waals surface area contributed by atoms with E-state index < -0.39 is 16.4 Å². The van der Waals surface area contributed by atoms with Gasteiger partial charge in [0, 0.05) is 19.3 Å². The van der Waals surface area contributed by atoms with Crippen molar-refractivity contribution in [2.45, 2.75) is 84.8 Å². The molecule has 2 N–H and O–H groups in total. The van der Waals surface area contributed by atoms with E-state index >= 15 is 0 Å². The minimum absolute atomic E-state index is 0.146. The van der Waals surface area contributed by atoms with Crippen LogP contribution in [-0.4, -0.2) is 43.6 Å². The summed E-state index contributed by atoms with van der Waals surface area (Å²) in [6, 6.07) is 0.146. The van der Waals surface area contributed by atoms with Crippen molar-refractivity contribution in [2.24, 2.45) is 0 Å². The van der Waals surface area contributed by atoms with Crippen molar-refractivity contribution >= 4 is 16.4 Å². The zero-order chi connectivity index (χ0) is 18.7. The van der Waals surface area contributed by atoms with E-state index in [0.717, 1.165) is 38.5 Å². The molecule has 0 spiro atoms. The van der Waals surface area contributed by atoms with Crippen molar-refractivity contribution in [2.75, 3.05) is 19.4 Å². The van der Waals surface area contributed by atoms with E-state index in [-0.39, 0.29) is 17.8 Å². The normalized spacial score (nSPS) is 13.5. The van der Waals surface area contributed by atoms with Crippen LogP contribution in [-0.2, 0) is 17.8 Å². The molecule has 0 rings (SSSR count). The molecule has 0 aromatic heterocycles. The molecule has 0 amide bonds. The van der Waals surface area contributed by atoms with Crippen LogP contribution in [0.15, 0.2) is 0 Å². The fraction of sp³-hybridized carbons (Fsp3) is 1.00. The van der Waals surface area contributed by atoms with Gasteiger partial charge in [0.15, 0.2) is 0 Å². The molecule has 0 aromatic rings. The molecule has 146 valence electrons. The van der Waals surface area contributed by atoms with Crippen molar-refractivity contribution in [1.29, 1.82) is 0 Å². The average molecular weight is 385 g/mol. The molecule has 0 saturated heterocycles. The Morgan fingerprint density at radius 2 is 1.42 bits per heavy atom. The molecule has 0 saturated carbocycles. The average Bonchev–Trinajstić information content (AvgIpc) is 2.49. The molecule has 0 unspecified atom stereocenters. The van der Waals surface area contributed by atoms with Gasteiger partial charge in [0.2, 0.25) is 0 Å². The van der Waals surface area contributed by atoms with Gasteiger partial charge in [-0.25, -0.2) is 0 Å². The van der Waals surface area contributed by atoms with E-state index in [1.807, 2.05) is 13.8 Å². The lowest BCUT2D eigenvalue weighted by atomic mass is 9.93. The second kappa shape index (κ2) is 11.8. The van der Waals surface area contributed by atoms with Crippen LogP contribution in [0.1, 0.15) is 73.1 Å². The number of hydrogen-bond acceptors (Lipinski definition) is 4. The lowest BCUT2D eigenvalue weighted by Gasteiger charge is -2.39. The maximum atomic E-state index is 11.3. The van der Waals surface area contributed by atoms with Gasteiger partial charge >= 0.3 is 16.4 Å². The van der Waals surface area contributed by atoms with E-state index in [1.54, 1.807) is 0 Å². The molecule has 0 atom stereocenters. The van der Waals surface area contributed by atoms with Crippen LogP contribution in [0.25, 0.3) is 0 Å². The predicted octanol–water partition coefficient (Wildman–Crippen LogP) is 4.33. The summed E-state index contributed by atoms with van der Waals surface area (Å²) in [5, 5.41) is 0. The zero-order valence-corrected chi connectivity index (χ0v) is 17.9. The summed E-state index contributed by atoms with van der Waals surface area (Å²) in [7, 11) is -7.26. The molecular formula is C16H37O6PSi. The minimum atomic E-state index is -4.12. The smallest absolute Gasteiger partial charge is 0.374 e. The summed E-state index contributed by atoms with van der Waals surface area (Å²) >= 11 is 0. The van der Waals surface area contributed by atoms with Crippen molar-refractivity contribution in [3.8, 4) is 0 Å². The molecule has 0 aliphatic heterocycles. The first kappa shape index (κ1) is 24.2. The summed E-state index contributed by atoms with van der Waals surface area (Å²) in [5.74, 6) is 0. The Kier molecular flexibility index (Phi) is 11.9. The SMILES string of the molecule is CCCCC(C)(CCCC)O[Si](CCP(=O)(O)O)(OCC)OCC. The fourth-order valence-electron chi connectivity index (χ4n) is 2.72. The number of rotatable bonds is 15. The topological polar surface area (TPSA) is 85.2 Å². The molecule has 8 heteroatoms. The maximum Gasteiger partial charge on any atom is 0.502 e. The van der Waals surface area contributed by atoms with Gasteiger partial charge in [-0.1, -0.05) is 39.5 Å². The third-order valence-electron chi connectivity index (χ3n) is 3.96. The molecule has 6 nitrogen and oxygen atoms in total. The summed E-state index contributed by atoms with van der Waals surface area (Å²) in [5.41, 5.74) is -0.377. The van der Waals surface area contributed by atoms with Crippen molar-refractivity contribution in [1.82, 2.24) is 0 Å². The molecule has 0 fully saturated rings. The van der Waals surface area contributed by atoms with Crippen LogP contribution in [0.5, 0.6) is 0 Å². The highest BCUT2D eigenvalue weighted by Gasteiger charge is 2.47. The third kappa shape index (κ3) is 10.3. The summed E-state index contributed by atoms with van der Waals surface area (Å²) in [4.78, 5) is 18.5. The molecule has 24 heavy (non-hydrogen) atoms. The first-order valence-corrected chi connectivity index (χ1v) is 12.9. The van der Waals surface area contributed by atoms with Gasteiger partial charge in [0.1, 0.15) is 0 Å². The first-order valence-electron chi connectivity index (χ1n) is 9.18. The fourth-order valence-corrected chi connectivity index (χ4v) is 7.41. The van der Waals surface area contributed by atoms with E-state index in [1.165, 1.54) is 0 Å². The molecule has 0 bridgehead atoms. The molecule has 0 heterocycles. The van der Waals surface area contributed by atoms with E-state index in [0.29, 0.717) is 13.2 Å². The predicted molar refractivity (Wildman–Crippen MR) is 99.3 cm³/mol. The van der Waals surface area contributed by atoms with Gasteiger partial charge in [-0.3, -0.25) is 4.57 Å². The van der Waals surface area contributed by atoms with Gasteiger partial charge in [0.05, 0.1) is 11.8 Å². The molecule has 0 aliphatic carbocycles. The number of hydrogen-bond donors (Lipinski definition) is 2. The minimum Gasteiger partial charge on any atom is -0.374 e. The Balaban J connectivity index is 5.34. The summed E-state index contributed by atoms with van der Waals surface area (Å²) in [6.45, 7) is 10.9. The highest BCUT2D eigenvalue weighted by molar-refractivity contribution is 7.51. The molecule has 0 aliphatic rings. The van der Waals surface area contributed by atoms with Crippen LogP contribution in [0.3, 0.4) is 0 Å². The van der Waals surface area contributed by atoms with Crippen LogP contribution in [0, 0.1) is 0 Å². The standard InChI is InChI=1S/C16H37O6PSi/c1-6-10-12-16(5,13-11-7-2)22-24(20-8-3,21-9-4)15-14-23(17,18)19/h6-15H2,1-5H3,(H2,17,18,19). The Hall–Kier alpha value is 0.247. The van der Waals surface area contributed by atoms with Crippen LogP contribution < -0.4 is 0 Å². The summed E-state index contributed by atoms with van der Waals surface area (Å²) in [6.07, 6.45) is 5.76. The second-order valence-electron chi connectivity index (χ2n) is 6.45. The van der Waals surface area contributed by atoms with Crippen molar-refractivity contribution in [3.05, 3.63) is 0 Å². The second-order valence-corrected chi connectivity index (χ2v) is 10.9. The highest BCUT2D eigenvalue weighted by atomic mass is 31.2. The molecule has 0 aromatic carbocycles. The van der Waals surface area contributed by atoms with Gasteiger partial charge in [0.25, 0.3) is 0 Å². The van der Waals surface area contributed by atoms with Crippen LogP contribution in [0.4, 0.5) is 0 Å². The van der Waals surface area contributed by atoms with Crippen LogP contribution >= 0.6 is 7.60 Å². The lowest BCUT2D eigenvalue weighted by molar-refractivity contribution is -0.0307. The third-order valence-corrected chi connectivity index (χ3v) is 8.31. The van der Waals surface area contributed by atoms with E-state index in [9.17, 15) is 14.4 Å². The quantitative estimate of drug-likeness (QED) is 0.323. The van der Waals surface area contributed by atoms with E-state index in [2.05, 4.69) is 20.8 Å². The van der Waals surface area contributed by atoms with E-state index in [4.69, 9.17) is 13.3 Å². The molecule has 0 radical (unpaired) electrons. The largest absolute Gasteiger partial charge is 0.502 e. The highest BCUT2D eigenvalue weighted by Crippen LogP contribution is 2.39.